The molecule has 0 fully saturated rings. The fourth-order valence-electron chi connectivity index (χ4n) is 2.28. The van der Waals surface area contributed by atoms with E-state index in [1.165, 1.54) is 11.6 Å². The Labute approximate surface area is 127 Å². The van der Waals surface area contributed by atoms with Crippen molar-refractivity contribution in [3.8, 4) is 0 Å². The summed E-state index contributed by atoms with van der Waals surface area (Å²) in [5.74, 6) is -0.203. The van der Waals surface area contributed by atoms with Gasteiger partial charge in [-0.15, -0.1) is 0 Å². The van der Waals surface area contributed by atoms with Crippen LogP contribution in [0.1, 0.15) is 17.2 Å². The number of benzene rings is 2. The summed E-state index contributed by atoms with van der Waals surface area (Å²) in [6, 6.07) is 14.8. The van der Waals surface area contributed by atoms with Crippen LogP contribution in [0.3, 0.4) is 0 Å². The van der Waals surface area contributed by atoms with Gasteiger partial charge in [-0.3, -0.25) is 4.90 Å². The lowest BCUT2D eigenvalue weighted by Gasteiger charge is -2.27. The van der Waals surface area contributed by atoms with E-state index < -0.39 is 0 Å². The Hall–Kier alpha value is -1.23. The molecule has 0 bridgehead atoms. The quantitative estimate of drug-likeness (QED) is 0.901. The number of hydrogen-bond donors (Lipinski definition) is 1. The van der Waals surface area contributed by atoms with E-state index in [2.05, 4.69) is 33.0 Å². The fourth-order valence-corrected chi connectivity index (χ4v) is 2.54. The Morgan fingerprint density at radius 1 is 1.15 bits per heavy atom. The van der Waals surface area contributed by atoms with E-state index in [0.29, 0.717) is 12.1 Å². The molecular weight excluding hydrogens is 319 g/mol. The second-order valence-corrected chi connectivity index (χ2v) is 5.73. The molecular formula is C16H18BrFN2. The van der Waals surface area contributed by atoms with Gasteiger partial charge in [0.1, 0.15) is 5.82 Å². The molecule has 0 heterocycles. The van der Waals surface area contributed by atoms with Crippen molar-refractivity contribution in [3.63, 3.8) is 0 Å². The van der Waals surface area contributed by atoms with Crippen LogP contribution in [0.2, 0.25) is 0 Å². The van der Waals surface area contributed by atoms with E-state index in [9.17, 15) is 4.39 Å². The van der Waals surface area contributed by atoms with Gasteiger partial charge < -0.3 is 5.73 Å². The molecule has 2 aromatic carbocycles. The first-order chi connectivity index (χ1) is 9.61. The molecule has 0 aliphatic carbocycles. The van der Waals surface area contributed by atoms with E-state index in [1.54, 1.807) is 12.1 Å². The van der Waals surface area contributed by atoms with Gasteiger partial charge in [-0.25, -0.2) is 4.39 Å². The monoisotopic (exact) mass is 336 g/mol. The molecule has 20 heavy (non-hydrogen) atoms. The normalized spacial score (nSPS) is 12.7. The molecule has 0 spiro atoms. The Bertz CT molecular complexity index is 557. The molecule has 1 atom stereocenters. The molecule has 0 amide bonds. The van der Waals surface area contributed by atoms with Gasteiger partial charge in [-0.1, -0.05) is 46.3 Å². The van der Waals surface area contributed by atoms with Gasteiger partial charge in [0.25, 0.3) is 0 Å². The number of hydrogen-bond acceptors (Lipinski definition) is 2. The highest BCUT2D eigenvalue weighted by atomic mass is 79.9. The number of likely N-dealkylation sites (N-methyl/N-ethyl adjacent to an activating group) is 1. The third-order valence-electron chi connectivity index (χ3n) is 3.36. The average molecular weight is 337 g/mol. The second-order valence-electron chi connectivity index (χ2n) is 4.81. The number of halogens is 2. The first kappa shape index (κ1) is 15.2. The summed E-state index contributed by atoms with van der Waals surface area (Å²) in [5, 5.41) is 0. The van der Waals surface area contributed by atoms with Gasteiger partial charge in [0.15, 0.2) is 0 Å². The molecule has 2 N–H and O–H groups in total. The van der Waals surface area contributed by atoms with Gasteiger partial charge in [-0.2, -0.15) is 0 Å². The molecule has 2 rings (SSSR count). The van der Waals surface area contributed by atoms with E-state index in [0.717, 1.165) is 11.0 Å². The van der Waals surface area contributed by atoms with E-state index in [4.69, 9.17) is 5.73 Å². The summed E-state index contributed by atoms with van der Waals surface area (Å²) in [4.78, 5) is 2.07. The summed E-state index contributed by atoms with van der Waals surface area (Å²) in [5.41, 5.74) is 7.66. The lowest BCUT2D eigenvalue weighted by atomic mass is 10.0. The topological polar surface area (TPSA) is 29.3 Å². The van der Waals surface area contributed by atoms with Gasteiger partial charge in [0.05, 0.1) is 0 Å². The van der Waals surface area contributed by atoms with E-state index in [1.807, 2.05) is 25.2 Å². The molecule has 2 nitrogen and oxygen atoms in total. The molecule has 0 saturated heterocycles. The van der Waals surface area contributed by atoms with Crippen LogP contribution in [0.15, 0.2) is 53.0 Å². The molecule has 0 saturated carbocycles. The summed E-state index contributed by atoms with van der Waals surface area (Å²) in [6.45, 7) is 1.11. The minimum absolute atomic E-state index is 0.125. The van der Waals surface area contributed by atoms with Crippen LogP contribution < -0.4 is 5.73 Å². The van der Waals surface area contributed by atoms with Crippen LogP contribution in [-0.4, -0.2) is 18.5 Å². The van der Waals surface area contributed by atoms with Crippen molar-refractivity contribution in [2.75, 3.05) is 13.6 Å². The van der Waals surface area contributed by atoms with Gasteiger partial charge in [0, 0.05) is 29.2 Å². The molecule has 0 radical (unpaired) electrons. The van der Waals surface area contributed by atoms with Crippen molar-refractivity contribution >= 4 is 15.9 Å². The zero-order chi connectivity index (χ0) is 14.5. The van der Waals surface area contributed by atoms with Crippen molar-refractivity contribution in [3.05, 3.63) is 69.9 Å². The van der Waals surface area contributed by atoms with Crippen molar-refractivity contribution in [1.82, 2.24) is 4.90 Å². The third kappa shape index (κ3) is 3.66. The first-order valence-electron chi connectivity index (χ1n) is 6.51. The van der Waals surface area contributed by atoms with E-state index >= 15 is 0 Å². The molecule has 0 aliphatic rings. The molecule has 4 heteroatoms. The number of nitrogens with zero attached hydrogens (tertiary/aromatic N) is 1. The summed E-state index contributed by atoms with van der Waals surface area (Å²) in [6.07, 6.45) is 0. The SMILES string of the molecule is CN(Cc1ccc(Br)cc1)C(CN)c1ccccc1F. The standard InChI is InChI=1S/C16H18BrFN2/c1-20(11-12-6-8-13(17)9-7-12)16(10-19)14-4-2-3-5-15(14)18/h2-9,16H,10-11,19H2,1H3. The predicted octanol–water partition coefficient (Wildman–Crippen LogP) is 3.72. The van der Waals surface area contributed by atoms with Crippen LogP contribution in [0.4, 0.5) is 4.39 Å². The van der Waals surface area contributed by atoms with Crippen molar-refractivity contribution < 1.29 is 4.39 Å². The molecule has 0 aliphatic heterocycles. The minimum Gasteiger partial charge on any atom is -0.329 e. The Kier molecular flexibility index (Phi) is 5.29. The van der Waals surface area contributed by atoms with Crippen LogP contribution in [0.25, 0.3) is 0 Å². The summed E-state index contributed by atoms with van der Waals surface area (Å²) in [7, 11) is 1.96. The maximum atomic E-state index is 13.9. The molecule has 2 aromatic rings. The molecule has 0 aromatic heterocycles. The lowest BCUT2D eigenvalue weighted by molar-refractivity contribution is 0.236. The average Bonchev–Trinajstić information content (AvgIpc) is 2.44. The van der Waals surface area contributed by atoms with Crippen LogP contribution in [-0.2, 0) is 6.54 Å². The molecule has 1 unspecified atom stereocenters. The number of nitrogens with two attached hydrogens (primary N) is 1. The van der Waals surface area contributed by atoms with Gasteiger partial charge in [0.2, 0.25) is 0 Å². The van der Waals surface area contributed by atoms with Crippen LogP contribution in [0, 0.1) is 5.82 Å². The zero-order valence-electron chi connectivity index (χ0n) is 11.4. The zero-order valence-corrected chi connectivity index (χ0v) is 13.0. The maximum Gasteiger partial charge on any atom is 0.128 e. The Morgan fingerprint density at radius 2 is 1.80 bits per heavy atom. The highest BCUT2D eigenvalue weighted by Crippen LogP contribution is 2.23. The lowest BCUT2D eigenvalue weighted by Crippen LogP contribution is -2.30. The smallest absolute Gasteiger partial charge is 0.128 e. The summed E-state index contributed by atoms with van der Waals surface area (Å²) < 4.78 is 14.9. The van der Waals surface area contributed by atoms with E-state index in [-0.39, 0.29) is 11.9 Å². The Morgan fingerprint density at radius 3 is 2.40 bits per heavy atom. The van der Waals surface area contributed by atoms with Gasteiger partial charge >= 0.3 is 0 Å². The third-order valence-corrected chi connectivity index (χ3v) is 3.89. The van der Waals surface area contributed by atoms with Gasteiger partial charge in [-0.05, 0) is 30.8 Å². The minimum atomic E-state index is -0.203. The van der Waals surface area contributed by atoms with Crippen molar-refractivity contribution in [1.29, 1.82) is 0 Å². The first-order valence-corrected chi connectivity index (χ1v) is 7.30. The van der Waals surface area contributed by atoms with Crippen LogP contribution >= 0.6 is 15.9 Å². The Balaban J connectivity index is 2.15. The maximum absolute atomic E-state index is 13.9. The fraction of sp³-hybridized carbons (Fsp3) is 0.250. The highest BCUT2D eigenvalue weighted by molar-refractivity contribution is 9.10. The van der Waals surface area contributed by atoms with Crippen LogP contribution in [0.5, 0.6) is 0 Å². The predicted molar refractivity (Wildman–Crippen MR) is 83.8 cm³/mol. The van der Waals surface area contributed by atoms with Crippen molar-refractivity contribution in [2.45, 2.75) is 12.6 Å². The highest BCUT2D eigenvalue weighted by Gasteiger charge is 2.18. The number of rotatable bonds is 5. The second kappa shape index (κ2) is 6.97. The summed E-state index contributed by atoms with van der Waals surface area (Å²) >= 11 is 3.42. The van der Waals surface area contributed by atoms with Crippen molar-refractivity contribution in [2.24, 2.45) is 5.73 Å². The largest absolute Gasteiger partial charge is 0.329 e. The molecule has 106 valence electrons.